The van der Waals surface area contributed by atoms with Crippen LogP contribution in [-0.2, 0) is 4.74 Å². The highest BCUT2D eigenvalue weighted by atomic mass is 16.5. The number of unbranched alkanes of at least 4 members (excludes halogenated alkanes) is 2. The number of fused-ring (bicyclic) bond motifs is 1. The molecule has 2 saturated carbocycles. The Morgan fingerprint density at radius 1 is 1.00 bits per heavy atom. The molecule has 2 aliphatic rings. The van der Waals surface area contributed by atoms with E-state index in [1.807, 2.05) is 7.11 Å². The zero-order valence-corrected chi connectivity index (χ0v) is 13.6. The van der Waals surface area contributed by atoms with E-state index in [0.717, 1.165) is 11.8 Å². The second-order valence-corrected chi connectivity index (χ2v) is 7.63. The lowest BCUT2D eigenvalue weighted by Gasteiger charge is -2.55. The fourth-order valence-corrected chi connectivity index (χ4v) is 5.08. The molecule has 4 atom stereocenters. The maximum absolute atomic E-state index is 5.97. The van der Waals surface area contributed by atoms with Gasteiger partial charge in [-0.1, -0.05) is 46.0 Å². The molecule has 112 valence electrons. The van der Waals surface area contributed by atoms with Gasteiger partial charge in [0, 0.05) is 7.11 Å². The number of ether oxygens (including phenoxy) is 1. The lowest BCUT2D eigenvalue weighted by atomic mass is 9.53. The molecule has 0 N–H and O–H groups in total. The van der Waals surface area contributed by atoms with Gasteiger partial charge < -0.3 is 4.74 Å². The van der Waals surface area contributed by atoms with Gasteiger partial charge in [-0.05, 0) is 56.3 Å². The fourth-order valence-electron chi connectivity index (χ4n) is 5.08. The third kappa shape index (κ3) is 3.01. The molecule has 1 heteroatoms. The van der Waals surface area contributed by atoms with Crippen LogP contribution in [-0.4, -0.2) is 12.7 Å². The summed E-state index contributed by atoms with van der Waals surface area (Å²) in [6, 6.07) is 0. The largest absolute Gasteiger partial charge is 0.378 e. The summed E-state index contributed by atoms with van der Waals surface area (Å²) in [6.45, 7) is 7.27. The van der Waals surface area contributed by atoms with E-state index >= 15 is 0 Å². The molecule has 0 bridgehead atoms. The van der Waals surface area contributed by atoms with Crippen molar-refractivity contribution < 1.29 is 4.74 Å². The summed E-state index contributed by atoms with van der Waals surface area (Å²) < 4.78 is 5.97. The Labute approximate surface area is 120 Å². The summed E-state index contributed by atoms with van der Waals surface area (Å²) in [6.07, 6.45) is 14.0. The van der Waals surface area contributed by atoms with E-state index in [1.54, 1.807) is 0 Å². The minimum Gasteiger partial charge on any atom is -0.378 e. The molecule has 0 spiro atoms. The van der Waals surface area contributed by atoms with Crippen molar-refractivity contribution in [2.75, 3.05) is 7.11 Å². The molecule has 0 aromatic heterocycles. The van der Waals surface area contributed by atoms with Gasteiger partial charge >= 0.3 is 0 Å². The van der Waals surface area contributed by atoms with Gasteiger partial charge in [0.25, 0.3) is 0 Å². The first-order valence-electron chi connectivity index (χ1n) is 8.61. The zero-order chi connectivity index (χ0) is 13.9. The van der Waals surface area contributed by atoms with E-state index in [2.05, 4.69) is 20.8 Å². The van der Waals surface area contributed by atoms with E-state index in [4.69, 9.17) is 4.74 Å². The normalized spacial score (nSPS) is 42.9. The molecule has 4 unspecified atom stereocenters. The van der Waals surface area contributed by atoms with Crippen LogP contribution in [0.4, 0.5) is 0 Å². The maximum atomic E-state index is 5.97. The van der Waals surface area contributed by atoms with Crippen molar-refractivity contribution in [2.45, 2.75) is 90.6 Å². The van der Waals surface area contributed by atoms with Crippen LogP contribution in [0.2, 0.25) is 0 Å². The highest BCUT2D eigenvalue weighted by Gasteiger charge is 2.50. The van der Waals surface area contributed by atoms with E-state index in [-0.39, 0.29) is 5.60 Å². The smallest absolute Gasteiger partial charge is 0.0681 e. The van der Waals surface area contributed by atoms with Crippen LogP contribution in [0, 0.1) is 17.3 Å². The fraction of sp³-hybridized carbons (Fsp3) is 1.00. The third-order valence-corrected chi connectivity index (χ3v) is 6.43. The standard InChI is InChI=1S/C18H34O/c1-5-6-7-12-17(2)13-8-11-16-15(17)10-9-14-18(16,3)19-4/h15-16H,5-14H2,1-4H3. The second kappa shape index (κ2) is 6.16. The molecule has 0 heterocycles. The predicted octanol–water partition coefficient (Wildman–Crippen LogP) is 5.58. The first kappa shape index (κ1) is 15.4. The zero-order valence-electron chi connectivity index (χ0n) is 13.6. The van der Waals surface area contributed by atoms with Gasteiger partial charge in [0.05, 0.1) is 5.60 Å². The van der Waals surface area contributed by atoms with Crippen molar-refractivity contribution in [3.63, 3.8) is 0 Å². The van der Waals surface area contributed by atoms with Gasteiger partial charge in [-0.15, -0.1) is 0 Å². The van der Waals surface area contributed by atoms with Gasteiger partial charge in [0.15, 0.2) is 0 Å². The van der Waals surface area contributed by atoms with E-state index in [1.165, 1.54) is 64.2 Å². The van der Waals surface area contributed by atoms with Gasteiger partial charge in [-0.2, -0.15) is 0 Å². The topological polar surface area (TPSA) is 9.23 Å². The molecular formula is C18H34O. The van der Waals surface area contributed by atoms with Crippen molar-refractivity contribution in [1.29, 1.82) is 0 Å². The van der Waals surface area contributed by atoms with Crippen molar-refractivity contribution >= 4 is 0 Å². The minimum atomic E-state index is 0.162. The van der Waals surface area contributed by atoms with Gasteiger partial charge in [-0.25, -0.2) is 0 Å². The summed E-state index contributed by atoms with van der Waals surface area (Å²) >= 11 is 0. The van der Waals surface area contributed by atoms with Crippen LogP contribution in [0.1, 0.15) is 85.0 Å². The van der Waals surface area contributed by atoms with Crippen LogP contribution in [0.5, 0.6) is 0 Å². The van der Waals surface area contributed by atoms with Crippen molar-refractivity contribution in [2.24, 2.45) is 17.3 Å². The van der Waals surface area contributed by atoms with Gasteiger partial charge in [0.1, 0.15) is 0 Å². The Bertz CT molecular complexity index is 287. The molecule has 0 aromatic carbocycles. The average molecular weight is 266 g/mol. The Morgan fingerprint density at radius 3 is 2.37 bits per heavy atom. The molecule has 19 heavy (non-hydrogen) atoms. The van der Waals surface area contributed by atoms with E-state index < -0.39 is 0 Å². The van der Waals surface area contributed by atoms with E-state index in [9.17, 15) is 0 Å². The van der Waals surface area contributed by atoms with Crippen LogP contribution in [0.15, 0.2) is 0 Å². The van der Waals surface area contributed by atoms with Crippen molar-refractivity contribution in [1.82, 2.24) is 0 Å². The Hall–Kier alpha value is -0.0400. The molecular weight excluding hydrogens is 232 g/mol. The molecule has 2 rings (SSSR count). The molecule has 1 nitrogen and oxygen atoms in total. The first-order valence-corrected chi connectivity index (χ1v) is 8.61. The molecule has 2 fully saturated rings. The summed E-state index contributed by atoms with van der Waals surface area (Å²) in [7, 11) is 1.94. The lowest BCUT2D eigenvalue weighted by Crippen LogP contribution is -2.51. The predicted molar refractivity (Wildman–Crippen MR) is 82.3 cm³/mol. The number of rotatable bonds is 5. The minimum absolute atomic E-state index is 0.162. The first-order chi connectivity index (χ1) is 9.06. The monoisotopic (exact) mass is 266 g/mol. The molecule has 0 amide bonds. The number of hydrogen-bond acceptors (Lipinski definition) is 1. The third-order valence-electron chi connectivity index (χ3n) is 6.43. The quantitative estimate of drug-likeness (QED) is 0.590. The molecule has 0 saturated heterocycles. The van der Waals surface area contributed by atoms with Crippen molar-refractivity contribution in [3.8, 4) is 0 Å². The second-order valence-electron chi connectivity index (χ2n) is 7.63. The molecule has 2 aliphatic carbocycles. The van der Waals surface area contributed by atoms with E-state index in [0.29, 0.717) is 5.41 Å². The highest BCUT2D eigenvalue weighted by Crippen LogP contribution is 2.56. The summed E-state index contributed by atoms with van der Waals surface area (Å²) in [4.78, 5) is 0. The van der Waals surface area contributed by atoms with Gasteiger partial charge in [0.2, 0.25) is 0 Å². The molecule has 0 aromatic rings. The molecule has 0 radical (unpaired) electrons. The Morgan fingerprint density at radius 2 is 1.68 bits per heavy atom. The number of methoxy groups -OCH3 is 1. The average Bonchev–Trinajstić information content (AvgIpc) is 2.41. The van der Waals surface area contributed by atoms with Crippen LogP contribution < -0.4 is 0 Å². The Balaban J connectivity index is 2.09. The van der Waals surface area contributed by atoms with Crippen LogP contribution in [0.25, 0.3) is 0 Å². The SMILES string of the molecule is CCCCCC1(C)CCCC2C1CCCC2(C)OC. The summed E-state index contributed by atoms with van der Waals surface area (Å²) in [5, 5.41) is 0. The van der Waals surface area contributed by atoms with Crippen molar-refractivity contribution in [3.05, 3.63) is 0 Å². The summed E-state index contributed by atoms with van der Waals surface area (Å²) in [5.74, 6) is 1.73. The Kier molecular flexibility index (Phi) is 4.98. The highest BCUT2D eigenvalue weighted by molar-refractivity contribution is 5.01. The van der Waals surface area contributed by atoms with Gasteiger partial charge in [-0.3, -0.25) is 0 Å². The maximum Gasteiger partial charge on any atom is 0.0681 e. The van der Waals surface area contributed by atoms with Crippen LogP contribution in [0.3, 0.4) is 0 Å². The summed E-state index contributed by atoms with van der Waals surface area (Å²) in [5.41, 5.74) is 0.758. The lowest BCUT2D eigenvalue weighted by molar-refractivity contribution is -0.135. The van der Waals surface area contributed by atoms with Crippen LogP contribution >= 0.6 is 0 Å². The number of hydrogen-bond donors (Lipinski definition) is 0. The molecule has 0 aliphatic heterocycles.